The number of para-hydroxylation sites is 1. The number of rotatable bonds is 6. The number of H-pyrrole nitrogens is 1. The largest absolute Gasteiger partial charge is 0.361 e. The molecule has 0 saturated carbocycles. The van der Waals surface area contributed by atoms with E-state index in [4.69, 9.17) is 0 Å². The van der Waals surface area contributed by atoms with Crippen molar-refractivity contribution < 1.29 is 9.59 Å². The number of benzene rings is 1. The number of hydrogen-bond acceptors (Lipinski definition) is 3. The number of piperidine rings is 1. The Balaban J connectivity index is 0.00000280. The van der Waals surface area contributed by atoms with Gasteiger partial charge in [0, 0.05) is 56.6 Å². The molecule has 2 aromatic rings. The molecular formula is C20H28IN5O2. The maximum Gasteiger partial charge on any atom is 0.229 e. The lowest BCUT2D eigenvalue weighted by atomic mass is 10.1. The maximum absolute atomic E-state index is 11.8. The molecule has 2 heterocycles. The van der Waals surface area contributed by atoms with Gasteiger partial charge in [0.05, 0.1) is 0 Å². The third-order valence-electron chi connectivity index (χ3n) is 4.93. The Bertz CT molecular complexity index is 845. The molecule has 1 aromatic heterocycles. The number of nitrogens with one attached hydrogen (secondary N) is 3. The number of imide groups is 1. The molecule has 1 aliphatic heterocycles. The highest BCUT2D eigenvalue weighted by Gasteiger charge is 2.25. The Morgan fingerprint density at radius 3 is 2.61 bits per heavy atom. The second-order valence-corrected chi connectivity index (χ2v) is 6.78. The maximum atomic E-state index is 11.8. The van der Waals surface area contributed by atoms with Gasteiger partial charge >= 0.3 is 0 Å². The number of aromatic nitrogens is 1. The van der Waals surface area contributed by atoms with Crippen LogP contribution in [0.15, 0.2) is 29.4 Å². The normalized spacial score (nSPS) is 14.9. The standard InChI is InChI=1S/C20H27N5O2.HI/c1-14-5-3-6-16-15(13-24-19(14)16)9-10-22-20(21-2)23-11-12-25-17(26)7-4-8-18(25)27;/h3,5-6,13,24H,4,7-12H2,1-2H3,(H2,21,22,23);1H. The Morgan fingerprint density at radius 2 is 1.89 bits per heavy atom. The summed E-state index contributed by atoms with van der Waals surface area (Å²) < 4.78 is 0. The Labute approximate surface area is 182 Å². The van der Waals surface area contributed by atoms with Crippen LogP contribution in [0.2, 0.25) is 0 Å². The molecule has 0 aliphatic carbocycles. The molecule has 0 unspecified atom stereocenters. The molecule has 7 nitrogen and oxygen atoms in total. The molecule has 0 spiro atoms. The van der Waals surface area contributed by atoms with Crippen molar-refractivity contribution >= 4 is 52.7 Å². The predicted octanol–water partition coefficient (Wildman–Crippen LogP) is 2.34. The van der Waals surface area contributed by atoms with Gasteiger partial charge in [-0.2, -0.15) is 0 Å². The smallest absolute Gasteiger partial charge is 0.229 e. The molecule has 1 aliphatic rings. The number of fused-ring (bicyclic) bond motifs is 1. The average Bonchev–Trinajstić information content (AvgIpc) is 3.07. The average molecular weight is 497 g/mol. The van der Waals surface area contributed by atoms with E-state index in [0.717, 1.165) is 13.0 Å². The van der Waals surface area contributed by atoms with Crippen molar-refractivity contribution in [2.24, 2.45) is 4.99 Å². The number of aromatic amines is 1. The molecule has 0 bridgehead atoms. The van der Waals surface area contributed by atoms with E-state index in [-0.39, 0.29) is 35.8 Å². The lowest BCUT2D eigenvalue weighted by Gasteiger charge is -2.25. The zero-order valence-corrected chi connectivity index (χ0v) is 18.7. The minimum absolute atomic E-state index is 0. The molecule has 1 fully saturated rings. The molecule has 28 heavy (non-hydrogen) atoms. The van der Waals surface area contributed by atoms with Crippen molar-refractivity contribution in [1.82, 2.24) is 20.5 Å². The molecule has 0 radical (unpaired) electrons. The van der Waals surface area contributed by atoms with Crippen LogP contribution >= 0.6 is 24.0 Å². The van der Waals surface area contributed by atoms with Gasteiger partial charge in [-0.05, 0) is 30.9 Å². The SMILES string of the molecule is CN=C(NCCc1c[nH]c2c(C)cccc12)NCCN1C(=O)CCCC1=O.I. The van der Waals surface area contributed by atoms with Crippen LogP contribution in [0.25, 0.3) is 10.9 Å². The highest BCUT2D eigenvalue weighted by molar-refractivity contribution is 14.0. The summed E-state index contributed by atoms with van der Waals surface area (Å²) >= 11 is 0. The van der Waals surface area contributed by atoms with Crippen LogP contribution < -0.4 is 10.6 Å². The topological polar surface area (TPSA) is 89.6 Å². The number of halogens is 1. The summed E-state index contributed by atoms with van der Waals surface area (Å²) in [6.07, 6.45) is 4.51. The Hall–Kier alpha value is -2.10. The summed E-state index contributed by atoms with van der Waals surface area (Å²) in [5.41, 5.74) is 3.69. The quantitative estimate of drug-likeness (QED) is 0.248. The van der Waals surface area contributed by atoms with E-state index in [1.165, 1.54) is 26.9 Å². The molecule has 1 saturated heterocycles. The van der Waals surface area contributed by atoms with Crippen LogP contribution in [-0.4, -0.2) is 54.3 Å². The van der Waals surface area contributed by atoms with Gasteiger partial charge < -0.3 is 15.6 Å². The number of likely N-dealkylation sites (tertiary alicyclic amines) is 1. The lowest BCUT2D eigenvalue weighted by molar-refractivity contribution is -0.147. The summed E-state index contributed by atoms with van der Waals surface area (Å²) in [5.74, 6) is 0.513. The first-order valence-electron chi connectivity index (χ1n) is 9.43. The number of nitrogens with zero attached hydrogens (tertiary/aromatic N) is 2. The number of carbonyl (C=O) groups is 2. The molecule has 0 atom stereocenters. The van der Waals surface area contributed by atoms with Crippen molar-refractivity contribution in [3.8, 4) is 0 Å². The highest BCUT2D eigenvalue weighted by Crippen LogP contribution is 2.21. The van der Waals surface area contributed by atoms with Gasteiger partial charge in [-0.1, -0.05) is 18.2 Å². The van der Waals surface area contributed by atoms with Gasteiger partial charge in [0.15, 0.2) is 5.96 Å². The van der Waals surface area contributed by atoms with E-state index in [0.29, 0.717) is 38.3 Å². The van der Waals surface area contributed by atoms with Crippen molar-refractivity contribution in [3.05, 3.63) is 35.5 Å². The van der Waals surface area contributed by atoms with E-state index in [2.05, 4.69) is 51.9 Å². The van der Waals surface area contributed by atoms with Crippen LogP contribution in [0.4, 0.5) is 0 Å². The number of aryl methyl sites for hydroxylation is 1. The van der Waals surface area contributed by atoms with Gasteiger partial charge in [0.25, 0.3) is 0 Å². The van der Waals surface area contributed by atoms with Crippen LogP contribution in [0.1, 0.15) is 30.4 Å². The minimum atomic E-state index is -0.0781. The fourth-order valence-electron chi connectivity index (χ4n) is 3.44. The van der Waals surface area contributed by atoms with Crippen molar-refractivity contribution in [2.45, 2.75) is 32.6 Å². The first-order valence-corrected chi connectivity index (χ1v) is 9.43. The van der Waals surface area contributed by atoms with Gasteiger partial charge in [0.2, 0.25) is 11.8 Å². The van der Waals surface area contributed by atoms with Crippen molar-refractivity contribution in [1.29, 1.82) is 0 Å². The Morgan fingerprint density at radius 1 is 1.18 bits per heavy atom. The summed E-state index contributed by atoms with van der Waals surface area (Å²) in [6.45, 7) is 3.70. The van der Waals surface area contributed by atoms with Gasteiger partial charge in [0.1, 0.15) is 0 Å². The van der Waals surface area contributed by atoms with E-state index >= 15 is 0 Å². The second-order valence-electron chi connectivity index (χ2n) is 6.78. The third kappa shape index (κ3) is 5.24. The monoisotopic (exact) mass is 497 g/mol. The van der Waals surface area contributed by atoms with Crippen LogP contribution in [0.5, 0.6) is 0 Å². The van der Waals surface area contributed by atoms with Crippen molar-refractivity contribution in [3.63, 3.8) is 0 Å². The van der Waals surface area contributed by atoms with Crippen LogP contribution in [-0.2, 0) is 16.0 Å². The van der Waals surface area contributed by atoms with Gasteiger partial charge in [-0.3, -0.25) is 19.5 Å². The van der Waals surface area contributed by atoms with Crippen molar-refractivity contribution in [2.75, 3.05) is 26.7 Å². The number of amides is 2. The number of carbonyl (C=O) groups excluding carboxylic acids is 2. The van der Waals surface area contributed by atoms with Gasteiger partial charge in [-0.25, -0.2) is 0 Å². The Kier molecular flexibility index (Phi) is 8.28. The summed E-state index contributed by atoms with van der Waals surface area (Å²) in [5, 5.41) is 7.70. The zero-order chi connectivity index (χ0) is 19.2. The van der Waals surface area contributed by atoms with E-state index in [1.54, 1.807) is 7.05 Å². The first kappa shape index (κ1) is 22.2. The fourth-order valence-corrected chi connectivity index (χ4v) is 3.44. The first-order chi connectivity index (χ1) is 13.1. The molecule has 1 aromatic carbocycles. The summed E-state index contributed by atoms with van der Waals surface area (Å²) in [7, 11) is 1.71. The number of guanidine groups is 1. The fraction of sp³-hybridized carbons (Fsp3) is 0.450. The lowest BCUT2D eigenvalue weighted by Crippen LogP contribution is -2.46. The molecule has 2 amide bonds. The molecule has 3 rings (SSSR count). The molecule has 152 valence electrons. The minimum Gasteiger partial charge on any atom is -0.361 e. The summed E-state index contributed by atoms with van der Waals surface area (Å²) in [4.78, 5) is 32.5. The number of aliphatic imine (C=N–C) groups is 1. The third-order valence-corrected chi connectivity index (χ3v) is 4.93. The van der Waals surface area contributed by atoms with E-state index < -0.39 is 0 Å². The van der Waals surface area contributed by atoms with Crippen LogP contribution in [0, 0.1) is 6.92 Å². The van der Waals surface area contributed by atoms with Gasteiger partial charge in [-0.15, -0.1) is 24.0 Å². The van der Waals surface area contributed by atoms with E-state index in [1.807, 2.05) is 0 Å². The zero-order valence-electron chi connectivity index (χ0n) is 16.4. The predicted molar refractivity (Wildman–Crippen MR) is 122 cm³/mol. The summed E-state index contributed by atoms with van der Waals surface area (Å²) in [6, 6.07) is 6.31. The number of hydrogen-bond donors (Lipinski definition) is 3. The second kappa shape index (κ2) is 10.4. The van der Waals surface area contributed by atoms with E-state index in [9.17, 15) is 9.59 Å². The highest BCUT2D eigenvalue weighted by atomic mass is 127. The van der Waals surface area contributed by atoms with Crippen LogP contribution in [0.3, 0.4) is 0 Å². The molecular weight excluding hydrogens is 469 g/mol. The molecule has 8 heteroatoms. The molecule has 3 N–H and O–H groups in total.